The van der Waals surface area contributed by atoms with Crippen LogP contribution in [0.1, 0.15) is 18.1 Å². The molecule has 0 bridgehead atoms. The normalized spacial score (nSPS) is 10.8. The number of benzene rings is 1. The minimum absolute atomic E-state index is 0.801. The van der Waals surface area contributed by atoms with Gasteiger partial charge in [-0.25, -0.2) is 0 Å². The van der Waals surface area contributed by atoms with E-state index < -0.39 is 0 Å². The van der Waals surface area contributed by atoms with E-state index in [4.69, 9.17) is 18.0 Å². The number of rotatable bonds is 2. The minimum atomic E-state index is 0.801. The topological polar surface area (TPSA) is 26.0 Å². The van der Waals surface area contributed by atoms with E-state index >= 15 is 0 Å². The third kappa shape index (κ3) is 1.90. The van der Waals surface area contributed by atoms with Gasteiger partial charge < -0.3 is 5.73 Å². The SMILES string of the molecule is CC(=S)Cc1cc2sccc2c(C)c1N. The second-order valence-corrected chi connectivity index (χ2v) is 5.43. The molecule has 0 fully saturated rings. The fraction of sp³-hybridized carbons (Fsp3) is 0.250. The molecule has 0 amide bonds. The molecule has 0 aliphatic carbocycles. The monoisotopic (exact) mass is 235 g/mol. The molecule has 2 aromatic rings. The van der Waals surface area contributed by atoms with Gasteiger partial charge in [0, 0.05) is 16.8 Å². The molecule has 2 rings (SSSR count). The molecule has 3 heteroatoms. The molecule has 0 unspecified atom stereocenters. The maximum absolute atomic E-state index is 6.10. The molecular formula is C12H13NS2. The Kier molecular flexibility index (Phi) is 2.76. The van der Waals surface area contributed by atoms with Crippen molar-refractivity contribution in [3.63, 3.8) is 0 Å². The van der Waals surface area contributed by atoms with Crippen molar-refractivity contribution in [3.8, 4) is 0 Å². The maximum atomic E-state index is 6.10. The summed E-state index contributed by atoms with van der Waals surface area (Å²) in [6, 6.07) is 4.29. The zero-order valence-electron chi connectivity index (χ0n) is 8.83. The van der Waals surface area contributed by atoms with Crippen LogP contribution < -0.4 is 5.73 Å². The zero-order valence-corrected chi connectivity index (χ0v) is 10.5. The molecule has 1 nitrogen and oxygen atoms in total. The van der Waals surface area contributed by atoms with Crippen molar-refractivity contribution in [2.24, 2.45) is 0 Å². The van der Waals surface area contributed by atoms with Gasteiger partial charge in [0.15, 0.2) is 0 Å². The summed E-state index contributed by atoms with van der Waals surface area (Å²) >= 11 is 6.88. The molecule has 1 aromatic carbocycles. The molecule has 78 valence electrons. The molecule has 0 saturated heterocycles. The largest absolute Gasteiger partial charge is 0.398 e. The highest BCUT2D eigenvalue weighted by atomic mass is 32.1. The zero-order chi connectivity index (χ0) is 11.0. The second-order valence-electron chi connectivity index (χ2n) is 3.79. The lowest BCUT2D eigenvalue weighted by molar-refractivity contribution is 1.34. The van der Waals surface area contributed by atoms with Crippen LogP contribution in [-0.2, 0) is 6.42 Å². The number of nitrogen functional groups attached to an aromatic ring is 1. The van der Waals surface area contributed by atoms with Crippen molar-refractivity contribution < 1.29 is 0 Å². The van der Waals surface area contributed by atoms with Crippen LogP contribution in [0.25, 0.3) is 10.1 Å². The van der Waals surface area contributed by atoms with Gasteiger partial charge in [-0.15, -0.1) is 11.3 Å². The van der Waals surface area contributed by atoms with Crippen LogP contribution in [0, 0.1) is 6.92 Å². The van der Waals surface area contributed by atoms with Gasteiger partial charge in [0.2, 0.25) is 0 Å². The van der Waals surface area contributed by atoms with Gasteiger partial charge in [-0.05, 0) is 52.7 Å². The minimum Gasteiger partial charge on any atom is -0.398 e. The average Bonchev–Trinajstić information content (AvgIpc) is 2.61. The Morgan fingerprint density at radius 3 is 2.93 bits per heavy atom. The summed E-state index contributed by atoms with van der Waals surface area (Å²) in [5.41, 5.74) is 9.34. The molecule has 15 heavy (non-hydrogen) atoms. The first-order valence-corrected chi connectivity index (χ1v) is 6.13. The number of thiophene rings is 1. The van der Waals surface area contributed by atoms with Gasteiger partial charge in [0.25, 0.3) is 0 Å². The molecule has 1 heterocycles. The first-order chi connectivity index (χ1) is 7.09. The van der Waals surface area contributed by atoms with E-state index in [-0.39, 0.29) is 0 Å². The smallest absolute Gasteiger partial charge is 0.0386 e. The van der Waals surface area contributed by atoms with Crippen LogP contribution in [0.5, 0.6) is 0 Å². The van der Waals surface area contributed by atoms with E-state index in [1.54, 1.807) is 11.3 Å². The summed E-state index contributed by atoms with van der Waals surface area (Å²) < 4.78 is 1.30. The third-order valence-corrected chi connectivity index (χ3v) is 3.60. The van der Waals surface area contributed by atoms with E-state index in [9.17, 15) is 0 Å². The molecule has 2 N–H and O–H groups in total. The van der Waals surface area contributed by atoms with Gasteiger partial charge >= 0.3 is 0 Å². The van der Waals surface area contributed by atoms with E-state index in [1.807, 2.05) is 6.92 Å². The van der Waals surface area contributed by atoms with E-state index in [0.717, 1.165) is 22.5 Å². The standard InChI is InChI=1S/C12H13NS2/c1-7(14)5-9-6-11-10(3-4-15-11)8(2)12(9)13/h3-4,6H,5,13H2,1-2H3. The van der Waals surface area contributed by atoms with Gasteiger partial charge in [-0.1, -0.05) is 12.2 Å². The highest BCUT2D eigenvalue weighted by molar-refractivity contribution is 7.80. The summed E-state index contributed by atoms with van der Waals surface area (Å²) in [5, 5.41) is 3.37. The van der Waals surface area contributed by atoms with Gasteiger partial charge in [0.1, 0.15) is 0 Å². The molecule has 0 saturated carbocycles. The Labute approximate surface area is 98.9 Å². The summed E-state index contributed by atoms with van der Waals surface area (Å²) in [5.74, 6) is 0. The molecular weight excluding hydrogens is 222 g/mol. The number of fused-ring (bicyclic) bond motifs is 1. The predicted octanol–water partition coefficient (Wildman–Crippen LogP) is 3.72. The van der Waals surface area contributed by atoms with Gasteiger partial charge in [-0.2, -0.15) is 0 Å². The Hall–Kier alpha value is -0.930. The number of nitrogens with two attached hydrogens (primary N) is 1. The van der Waals surface area contributed by atoms with Crippen molar-refractivity contribution in [2.45, 2.75) is 20.3 Å². The molecule has 0 atom stereocenters. The van der Waals surface area contributed by atoms with Crippen molar-refractivity contribution in [1.82, 2.24) is 0 Å². The summed E-state index contributed by atoms with van der Waals surface area (Å²) in [6.07, 6.45) is 0.801. The first kappa shape index (κ1) is 10.6. The number of anilines is 1. The Morgan fingerprint density at radius 2 is 2.27 bits per heavy atom. The average molecular weight is 235 g/mol. The summed E-state index contributed by atoms with van der Waals surface area (Å²) in [7, 11) is 0. The van der Waals surface area contributed by atoms with Crippen molar-refractivity contribution in [3.05, 3.63) is 28.6 Å². The molecule has 0 spiro atoms. The van der Waals surface area contributed by atoms with Crippen molar-refractivity contribution in [1.29, 1.82) is 0 Å². The fourth-order valence-electron chi connectivity index (χ4n) is 1.78. The van der Waals surface area contributed by atoms with Gasteiger partial charge in [0.05, 0.1) is 0 Å². The maximum Gasteiger partial charge on any atom is 0.0386 e. The molecule has 0 radical (unpaired) electrons. The predicted molar refractivity (Wildman–Crippen MR) is 73.0 cm³/mol. The Bertz CT molecular complexity index is 526. The molecule has 0 aliphatic heterocycles. The summed E-state index contributed by atoms with van der Waals surface area (Å²) in [6.45, 7) is 4.04. The highest BCUT2D eigenvalue weighted by Crippen LogP contribution is 2.31. The highest BCUT2D eigenvalue weighted by Gasteiger charge is 2.08. The Morgan fingerprint density at radius 1 is 1.53 bits per heavy atom. The number of hydrogen-bond donors (Lipinski definition) is 1. The van der Waals surface area contributed by atoms with Crippen LogP contribution in [0.2, 0.25) is 0 Å². The van der Waals surface area contributed by atoms with Crippen LogP contribution in [0.15, 0.2) is 17.5 Å². The molecule has 0 aliphatic rings. The van der Waals surface area contributed by atoms with Crippen LogP contribution in [0.3, 0.4) is 0 Å². The van der Waals surface area contributed by atoms with Crippen LogP contribution in [-0.4, -0.2) is 4.86 Å². The molecule has 1 aromatic heterocycles. The van der Waals surface area contributed by atoms with Crippen molar-refractivity contribution >= 4 is 44.2 Å². The van der Waals surface area contributed by atoms with Gasteiger partial charge in [-0.3, -0.25) is 0 Å². The quantitative estimate of drug-likeness (QED) is 0.634. The lowest BCUT2D eigenvalue weighted by atomic mass is 10.0. The Balaban J connectivity index is 2.64. The van der Waals surface area contributed by atoms with Crippen LogP contribution >= 0.6 is 23.6 Å². The third-order valence-electron chi connectivity index (χ3n) is 2.59. The van der Waals surface area contributed by atoms with E-state index in [2.05, 4.69) is 24.4 Å². The number of aryl methyl sites for hydroxylation is 1. The first-order valence-electron chi connectivity index (χ1n) is 4.84. The fourth-order valence-corrected chi connectivity index (χ4v) is 2.84. The van der Waals surface area contributed by atoms with E-state index in [0.29, 0.717) is 0 Å². The lowest BCUT2D eigenvalue weighted by Gasteiger charge is -2.09. The lowest BCUT2D eigenvalue weighted by Crippen LogP contribution is -2.01. The van der Waals surface area contributed by atoms with Crippen molar-refractivity contribution in [2.75, 3.05) is 5.73 Å². The summed E-state index contributed by atoms with van der Waals surface area (Å²) in [4.78, 5) is 0.983. The number of hydrogen-bond acceptors (Lipinski definition) is 3. The second kappa shape index (κ2) is 3.91. The van der Waals surface area contributed by atoms with E-state index in [1.165, 1.54) is 15.6 Å². The number of thiocarbonyl (C=S) groups is 1. The van der Waals surface area contributed by atoms with Crippen LogP contribution in [0.4, 0.5) is 5.69 Å².